The molecule has 0 aliphatic carbocycles. The van der Waals surface area contributed by atoms with Crippen molar-refractivity contribution in [1.82, 2.24) is 16.0 Å². The van der Waals surface area contributed by atoms with Gasteiger partial charge in [0.25, 0.3) is 0 Å². The van der Waals surface area contributed by atoms with Crippen molar-refractivity contribution in [2.24, 2.45) is 17.4 Å². The average Bonchev–Trinajstić information content (AvgIpc) is 2.72. The van der Waals surface area contributed by atoms with Crippen LogP contribution >= 0.6 is 0 Å². The van der Waals surface area contributed by atoms with Gasteiger partial charge in [0.05, 0.1) is 12.1 Å². The van der Waals surface area contributed by atoms with E-state index in [2.05, 4.69) is 16.0 Å². The van der Waals surface area contributed by atoms with E-state index in [1.165, 1.54) is 6.92 Å². The largest absolute Gasteiger partial charge is 0.481 e. The quantitative estimate of drug-likeness (QED) is 0.113. The molecular formula is C20H37N5O8. The Morgan fingerprint density at radius 3 is 1.85 bits per heavy atom. The Hall–Kier alpha value is -2.77. The summed E-state index contributed by atoms with van der Waals surface area (Å²) in [6.07, 6.45) is -1.03. The van der Waals surface area contributed by atoms with Crippen LogP contribution in [0, 0.1) is 5.92 Å². The van der Waals surface area contributed by atoms with Gasteiger partial charge in [-0.1, -0.05) is 13.8 Å². The monoisotopic (exact) mass is 475 g/mol. The van der Waals surface area contributed by atoms with E-state index in [1.54, 1.807) is 13.8 Å². The van der Waals surface area contributed by atoms with Gasteiger partial charge in [-0.15, -0.1) is 0 Å². The molecule has 3 amide bonds. The number of amides is 3. The van der Waals surface area contributed by atoms with Crippen LogP contribution in [-0.2, 0) is 24.0 Å². The van der Waals surface area contributed by atoms with Crippen molar-refractivity contribution >= 4 is 29.7 Å². The van der Waals surface area contributed by atoms with Crippen molar-refractivity contribution in [3.8, 4) is 0 Å². The van der Waals surface area contributed by atoms with Crippen molar-refractivity contribution in [3.63, 3.8) is 0 Å². The van der Waals surface area contributed by atoms with Crippen LogP contribution in [0.5, 0.6) is 0 Å². The van der Waals surface area contributed by atoms with Crippen LogP contribution in [0.3, 0.4) is 0 Å². The van der Waals surface area contributed by atoms with Crippen molar-refractivity contribution in [2.75, 3.05) is 6.54 Å². The fraction of sp³-hybridized carbons (Fsp3) is 0.750. The van der Waals surface area contributed by atoms with Crippen LogP contribution in [0.2, 0.25) is 0 Å². The van der Waals surface area contributed by atoms with E-state index in [4.69, 9.17) is 16.6 Å². The number of aliphatic carboxylic acids is 2. The number of nitrogens with two attached hydrogens (primary N) is 2. The number of hydrogen-bond donors (Lipinski definition) is 8. The van der Waals surface area contributed by atoms with Crippen LogP contribution in [0.25, 0.3) is 0 Å². The standard InChI is InChI=1S/C20H37N5O8/c1-10(2)15(22)18(30)23-12(6-4-5-9-21)17(29)25-16(11(3)26)19(31)24-13(20(32)33)7-8-14(27)28/h10-13,15-16,26H,4-9,21-22H2,1-3H3,(H,23,30)(H,24,31)(H,25,29)(H,27,28)(H,32,33). The fourth-order valence-corrected chi connectivity index (χ4v) is 2.78. The Kier molecular flexibility index (Phi) is 13.9. The molecule has 10 N–H and O–H groups in total. The molecule has 0 aliphatic heterocycles. The molecule has 0 bridgehead atoms. The maximum atomic E-state index is 12.8. The smallest absolute Gasteiger partial charge is 0.326 e. The van der Waals surface area contributed by atoms with Gasteiger partial charge in [0.15, 0.2) is 0 Å². The number of nitrogens with one attached hydrogen (secondary N) is 3. The Morgan fingerprint density at radius 2 is 1.39 bits per heavy atom. The number of carboxylic acid groups (broad SMARTS) is 2. The molecule has 13 nitrogen and oxygen atoms in total. The van der Waals surface area contributed by atoms with E-state index in [0.29, 0.717) is 19.4 Å². The lowest BCUT2D eigenvalue weighted by Gasteiger charge is -2.27. The van der Waals surface area contributed by atoms with Crippen LogP contribution in [0.4, 0.5) is 0 Å². The SMILES string of the molecule is CC(C)C(N)C(=O)NC(CCCCN)C(=O)NC(C(=O)NC(CCC(=O)O)C(=O)O)C(C)O. The second kappa shape index (κ2) is 15.1. The summed E-state index contributed by atoms with van der Waals surface area (Å²) < 4.78 is 0. The topological polar surface area (TPSA) is 234 Å². The van der Waals surface area contributed by atoms with Crippen LogP contribution in [0.1, 0.15) is 52.9 Å². The van der Waals surface area contributed by atoms with Crippen molar-refractivity contribution in [1.29, 1.82) is 0 Å². The molecule has 0 saturated heterocycles. The normalized spacial score (nSPS) is 15.6. The summed E-state index contributed by atoms with van der Waals surface area (Å²) in [6.45, 7) is 5.07. The number of unbranched alkanes of at least 4 members (excludes halogenated alkanes) is 1. The summed E-state index contributed by atoms with van der Waals surface area (Å²) in [4.78, 5) is 59.8. The second-order valence-corrected chi connectivity index (χ2v) is 8.17. The van der Waals surface area contributed by atoms with Crippen molar-refractivity contribution in [3.05, 3.63) is 0 Å². The summed E-state index contributed by atoms with van der Waals surface area (Å²) in [5.74, 6) is -5.23. The minimum Gasteiger partial charge on any atom is -0.481 e. The molecule has 0 aromatic carbocycles. The van der Waals surface area contributed by atoms with E-state index in [9.17, 15) is 34.2 Å². The molecule has 0 rings (SSSR count). The van der Waals surface area contributed by atoms with E-state index < -0.39 is 66.4 Å². The van der Waals surface area contributed by atoms with Gasteiger partial charge in [-0.2, -0.15) is 0 Å². The van der Waals surface area contributed by atoms with Gasteiger partial charge in [0.1, 0.15) is 18.1 Å². The third-order valence-electron chi connectivity index (χ3n) is 4.92. The van der Waals surface area contributed by atoms with Crippen LogP contribution < -0.4 is 27.4 Å². The minimum absolute atomic E-state index is 0.188. The van der Waals surface area contributed by atoms with Gasteiger partial charge >= 0.3 is 11.9 Å². The van der Waals surface area contributed by atoms with Crippen LogP contribution in [0.15, 0.2) is 0 Å². The van der Waals surface area contributed by atoms with E-state index >= 15 is 0 Å². The predicted molar refractivity (Wildman–Crippen MR) is 118 cm³/mol. The number of aliphatic hydroxyl groups excluding tert-OH is 1. The number of carboxylic acids is 2. The predicted octanol–water partition coefficient (Wildman–Crippen LogP) is -2.12. The molecule has 13 heteroatoms. The van der Waals surface area contributed by atoms with Gasteiger partial charge in [0, 0.05) is 6.42 Å². The first-order valence-corrected chi connectivity index (χ1v) is 10.8. The lowest BCUT2D eigenvalue weighted by molar-refractivity contribution is -0.144. The summed E-state index contributed by atoms with van der Waals surface area (Å²) in [6, 6.07) is -5.01. The number of carbonyl (C=O) groups excluding carboxylic acids is 3. The Labute approximate surface area is 192 Å². The highest BCUT2D eigenvalue weighted by molar-refractivity contribution is 5.94. The molecule has 0 fully saturated rings. The summed E-state index contributed by atoms with van der Waals surface area (Å²) in [5.41, 5.74) is 11.3. The molecule has 0 heterocycles. The van der Waals surface area contributed by atoms with Gasteiger partial charge in [-0.3, -0.25) is 19.2 Å². The highest BCUT2D eigenvalue weighted by atomic mass is 16.4. The number of rotatable bonds is 16. The van der Waals surface area contributed by atoms with Gasteiger partial charge in [-0.05, 0) is 45.1 Å². The lowest BCUT2D eigenvalue weighted by atomic mass is 10.0. The van der Waals surface area contributed by atoms with Crippen LogP contribution in [-0.4, -0.2) is 81.8 Å². The van der Waals surface area contributed by atoms with E-state index in [0.717, 1.165) is 0 Å². The summed E-state index contributed by atoms with van der Waals surface area (Å²) in [5, 5.41) is 34.9. The fourth-order valence-electron chi connectivity index (χ4n) is 2.78. The molecule has 0 aromatic rings. The third-order valence-corrected chi connectivity index (χ3v) is 4.92. The maximum absolute atomic E-state index is 12.8. The Morgan fingerprint density at radius 1 is 0.818 bits per heavy atom. The minimum atomic E-state index is -1.54. The summed E-state index contributed by atoms with van der Waals surface area (Å²) >= 11 is 0. The highest BCUT2D eigenvalue weighted by Crippen LogP contribution is 2.06. The van der Waals surface area contributed by atoms with E-state index in [-0.39, 0.29) is 18.8 Å². The highest BCUT2D eigenvalue weighted by Gasteiger charge is 2.33. The summed E-state index contributed by atoms with van der Waals surface area (Å²) in [7, 11) is 0. The molecule has 190 valence electrons. The lowest BCUT2D eigenvalue weighted by Crippen LogP contribution is -2.60. The molecule has 33 heavy (non-hydrogen) atoms. The molecule has 5 atom stereocenters. The van der Waals surface area contributed by atoms with Crippen molar-refractivity contribution in [2.45, 2.75) is 83.1 Å². The average molecular weight is 476 g/mol. The molecule has 5 unspecified atom stereocenters. The molecule has 0 saturated carbocycles. The van der Waals surface area contributed by atoms with Gasteiger partial charge in [0.2, 0.25) is 17.7 Å². The first-order chi connectivity index (χ1) is 15.3. The molecule has 0 radical (unpaired) electrons. The van der Waals surface area contributed by atoms with Gasteiger partial charge < -0.3 is 42.7 Å². The van der Waals surface area contributed by atoms with Crippen molar-refractivity contribution < 1.29 is 39.3 Å². The number of aliphatic hydroxyl groups is 1. The zero-order chi connectivity index (χ0) is 25.7. The first kappa shape index (κ1) is 30.2. The zero-order valence-electron chi connectivity index (χ0n) is 19.2. The Bertz CT molecular complexity index is 685. The second-order valence-electron chi connectivity index (χ2n) is 8.17. The molecule has 0 aliphatic rings. The molecule has 0 spiro atoms. The van der Waals surface area contributed by atoms with Gasteiger partial charge in [-0.25, -0.2) is 4.79 Å². The Balaban J connectivity index is 5.42. The van der Waals surface area contributed by atoms with E-state index in [1.807, 2.05) is 0 Å². The zero-order valence-corrected chi connectivity index (χ0v) is 19.2. The third kappa shape index (κ3) is 11.6. The number of hydrogen-bond acceptors (Lipinski definition) is 8. The maximum Gasteiger partial charge on any atom is 0.326 e. The first-order valence-electron chi connectivity index (χ1n) is 10.8. The molecular weight excluding hydrogens is 438 g/mol. The number of carbonyl (C=O) groups is 5. The molecule has 0 aromatic heterocycles.